The van der Waals surface area contributed by atoms with Gasteiger partial charge in [0, 0.05) is 30.2 Å². The standard InChI is InChI=1S/C29H34ClN3O7S2/c1-19-5-10-25(11-6-19)42(38,39)32(4)17-28-20(2)16-33(21(3)18-34)29(35)26-15-23(9-14-27(26)40-28)31-41(36,37)24-12-7-22(30)8-13-24/h5-15,20-21,28,31,34H,16-18H2,1-4H3/t20-,21-,28-/m0/s1. The van der Waals surface area contributed by atoms with Crippen molar-refractivity contribution < 1.29 is 31.5 Å². The first-order valence-electron chi connectivity index (χ1n) is 13.3. The molecule has 0 bridgehead atoms. The molecule has 0 unspecified atom stereocenters. The van der Waals surface area contributed by atoms with Crippen molar-refractivity contribution in [3.8, 4) is 5.75 Å². The number of aryl methyl sites for hydroxylation is 1. The van der Waals surface area contributed by atoms with Crippen LogP contribution in [0.1, 0.15) is 29.8 Å². The largest absolute Gasteiger partial charge is 0.488 e. The molecular formula is C29H34ClN3O7S2. The Labute approximate surface area is 252 Å². The second-order valence-corrected chi connectivity index (χ2v) is 14.7. The topological polar surface area (TPSA) is 133 Å². The number of anilines is 1. The number of carbonyl (C=O) groups is 1. The molecule has 4 rings (SSSR count). The summed E-state index contributed by atoms with van der Waals surface area (Å²) in [6.45, 7) is 5.27. The number of benzene rings is 3. The SMILES string of the molecule is Cc1ccc(S(=O)(=O)N(C)C[C@@H]2Oc3ccc(NS(=O)(=O)c4ccc(Cl)cc4)cc3C(=O)N([C@@H](C)CO)C[C@@H]2C)cc1. The van der Waals surface area contributed by atoms with Crippen molar-refractivity contribution in [2.75, 3.05) is 31.5 Å². The summed E-state index contributed by atoms with van der Waals surface area (Å²) in [5.41, 5.74) is 1.14. The van der Waals surface area contributed by atoms with Crippen LogP contribution in [-0.4, -0.2) is 75.9 Å². The lowest BCUT2D eigenvalue weighted by molar-refractivity contribution is 0.0387. The lowest BCUT2D eigenvalue weighted by Gasteiger charge is -2.38. The zero-order valence-electron chi connectivity index (χ0n) is 23.7. The molecule has 1 amide bonds. The maximum absolute atomic E-state index is 13.7. The molecule has 1 aliphatic rings. The second-order valence-electron chi connectivity index (χ2n) is 10.5. The Morgan fingerprint density at radius 3 is 2.29 bits per heavy atom. The Bertz CT molecular complexity index is 1650. The highest BCUT2D eigenvalue weighted by Crippen LogP contribution is 2.32. The molecule has 2 N–H and O–H groups in total. The summed E-state index contributed by atoms with van der Waals surface area (Å²) in [4.78, 5) is 15.3. The number of hydrogen-bond acceptors (Lipinski definition) is 7. The maximum atomic E-state index is 13.7. The molecule has 226 valence electrons. The van der Waals surface area contributed by atoms with Crippen LogP contribution in [0.2, 0.25) is 5.02 Å². The van der Waals surface area contributed by atoms with E-state index in [0.29, 0.717) is 5.02 Å². The van der Waals surface area contributed by atoms with Crippen molar-refractivity contribution in [2.45, 2.75) is 42.7 Å². The molecule has 0 aliphatic carbocycles. The van der Waals surface area contributed by atoms with Gasteiger partial charge in [0.1, 0.15) is 11.9 Å². The van der Waals surface area contributed by atoms with Crippen molar-refractivity contribution in [3.05, 3.63) is 82.9 Å². The van der Waals surface area contributed by atoms with E-state index in [1.807, 2.05) is 13.8 Å². The van der Waals surface area contributed by atoms with E-state index >= 15 is 0 Å². The van der Waals surface area contributed by atoms with Gasteiger partial charge in [-0.05, 0) is 68.4 Å². The molecule has 3 aromatic rings. The van der Waals surface area contributed by atoms with Gasteiger partial charge in [0.05, 0.1) is 34.5 Å². The van der Waals surface area contributed by atoms with Crippen LogP contribution < -0.4 is 9.46 Å². The highest BCUT2D eigenvalue weighted by molar-refractivity contribution is 7.92. The summed E-state index contributed by atoms with van der Waals surface area (Å²) in [6.07, 6.45) is -0.674. The fourth-order valence-corrected chi connectivity index (χ4v) is 6.93. The van der Waals surface area contributed by atoms with Crippen LogP contribution in [0.15, 0.2) is 76.5 Å². The van der Waals surface area contributed by atoms with Gasteiger partial charge < -0.3 is 14.7 Å². The van der Waals surface area contributed by atoms with Crippen LogP contribution in [0, 0.1) is 12.8 Å². The zero-order valence-corrected chi connectivity index (χ0v) is 26.1. The molecule has 0 saturated heterocycles. The van der Waals surface area contributed by atoms with E-state index in [1.165, 1.54) is 58.7 Å². The van der Waals surface area contributed by atoms with Crippen LogP contribution in [0.3, 0.4) is 0 Å². The molecule has 1 heterocycles. The first kappa shape index (κ1) is 31.8. The fraction of sp³-hybridized carbons (Fsp3) is 0.345. The molecule has 0 saturated carbocycles. The third kappa shape index (κ3) is 6.90. The minimum Gasteiger partial charge on any atom is -0.488 e. The number of rotatable bonds is 9. The van der Waals surface area contributed by atoms with E-state index in [0.717, 1.165) is 5.56 Å². The summed E-state index contributed by atoms with van der Waals surface area (Å²) in [5.74, 6) is -0.609. The third-order valence-corrected chi connectivity index (χ3v) is 10.7. The van der Waals surface area contributed by atoms with E-state index in [-0.39, 0.29) is 52.4 Å². The van der Waals surface area contributed by atoms with Crippen LogP contribution >= 0.6 is 11.6 Å². The van der Waals surface area contributed by atoms with Gasteiger partial charge in [0.2, 0.25) is 10.0 Å². The summed E-state index contributed by atoms with van der Waals surface area (Å²) < 4.78 is 62.5. The third-order valence-electron chi connectivity index (χ3n) is 7.21. The number of carbonyl (C=O) groups excluding carboxylic acids is 1. The Morgan fingerprint density at radius 2 is 1.67 bits per heavy atom. The van der Waals surface area contributed by atoms with E-state index in [1.54, 1.807) is 31.2 Å². The number of fused-ring (bicyclic) bond motifs is 1. The van der Waals surface area contributed by atoms with Crippen molar-refractivity contribution in [2.24, 2.45) is 5.92 Å². The number of halogens is 1. The predicted molar refractivity (Wildman–Crippen MR) is 161 cm³/mol. The monoisotopic (exact) mass is 635 g/mol. The Balaban J connectivity index is 1.68. The van der Waals surface area contributed by atoms with Gasteiger partial charge in [-0.2, -0.15) is 4.31 Å². The molecule has 1 aliphatic heterocycles. The quantitative estimate of drug-likeness (QED) is 0.363. The average Bonchev–Trinajstić information content (AvgIpc) is 2.95. The number of sulfonamides is 2. The number of likely N-dealkylation sites (N-methyl/N-ethyl adjacent to an activating group) is 1. The van der Waals surface area contributed by atoms with Gasteiger partial charge in [0.15, 0.2) is 0 Å². The number of nitrogens with one attached hydrogen (secondary N) is 1. The molecule has 0 aromatic heterocycles. The van der Waals surface area contributed by atoms with Gasteiger partial charge in [-0.3, -0.25) is 9.52 Å². The highest BCUT2D eigenvalue weighted by Gasteiger charge is 2.35. The number of ether oxygens (including phenoxy) is 1. The van der Waals surface area contributed by atoms with Crippen LogP contribution in [0.5, 0.6) is 5.75 Å². The first-order chi connectivity index (χ1) is 19.7. The minimum atomic E-state index is -3.99. The number of amides is 1. The average molecular weight is 636 g/mol. The Hall–Kier alpha value is -3.16. The molecule has 13 heteroatoms. The van der Waals surface area contributed by atoms with Crippen LogP contribution in [-0.2, 0) is 20.0 Å². The van der Waals surface area contributed by atoms with Gasteiger partial charge in [-0.25, -0.2) is 16.8 Å². The van der Waals surface area contributed by atoms with E-state index in [2.05, 4.69) is 4.72 Å². The summed E-state index contributed by atoms with van der Waals surface area (Å²) in [7, 11) is -6.35. The Kier molecular flexibility index (Phi) is 9.53. The number of aliphatic hydroxyl groups is 1. The van der Waals surface area contributed by atoms with Crippen molar-refractivity contribution >= 4 is 43.2 Å². The highest BCUT2D eigenvalue weighted by atomic mass is 35.5. The van der Waals surface area contributed by atoms with Crippen LogP contribution in [0.25, 0.3) is 0 Å². The zero-order chi connectivity index (χ0) is 30.8. The molecule has 0 spiro atoms. The Morgan fingerprint density at radius 1 is 1.05 bits per heavy atom. The molecule has 42 heavy (non-hydrogen) atoms. The van der Waals surface area contributed by atoms with Crippen molar-refractivity contribution in [1.82, 2.24) is 9.21 Å². The lowest BCUT2D eigenvalue weighted by atomic mass is 9.99. The molecule has 3 atom stereocenters. The van der Waals surface area contributed by atoms with E-state index in [9.17, 15) is 26.7 Å². The molecular weight excluding hydrogens is 602 g/mol. The van der Waals surface area contributed by atoms with Crippen molar-refractivity contribution in [3.63, 3.8) is 0 Å². The summed E-state index contributed by atoms with van der Waals surface area (Å²) in [5, 5.41) is 10.3. The second kappa shape index (κ2) is 12.6. The maximum Gasteiger partial charge on any atom is 0.261 e. The summed E-state index contributed by atoms with van der Waals surface area (Å²) in [6, 6.07) is 16.0. The number of hydrogen-bond donors (Lipinski definition) is 2. The van der Waals surface area contributed by atoms with Gasteiger partial charge >= 0.3 is 0 Å². The molecule has 0 fully saturated rings. The van der Waals surface area contributed by atoms with Gasteiger partial charge in [-0.1, -0.05) is 36.2 Å². The predicted octanol–water partition coefficient (Wildman–Crippen LogP) is 3.99. The smallest absolute Gasteiger partial charge is 0.261 e. The van der Waals surface area contributed by atoms with Crippen molar-refractivity contribution in [1.29, 1.82) is 0 Å². The van der Waals surface area contributed by atoms with Crippen LogP contribution in [0.4, 0.5) is 5.69 Å². The normalized spacial score (nSPS) is 18.5. The fourth-order valence-electron chi connectivity index (χ4n) is 4.57. The van der Waals surface area contributed by atoms with Gasteiger partial charge in [0.25, 0.3) is 15.9 Å². The molecule has 3 aromatic carbocycles. The number of aliphatic hydroxyl groups excluding tert-OH is 1. The summed E-state index contributed by atoms with van der Waals surface area (Å²) >= 11 is 5.89. The lowest BCUT2D eigenvalue weighted by Crippen LogP contribution is -2.50. The van der Waals surface area contributed by atoms with Gasteiger partial charge in [-0.15, -0.1) is 0 Å². The molecule has 10 nitrogen and oxygen atoms in total. The molecule has 0 radical (unpaired) electrons. The first-order valence-corrected chi connectivity index (χ1v) is 16.6. The van der Waals surface area contributed by atoms with E-state index < -0.39 is 38.1 Å². The number of nitrogens with zero attached hydrogens (tertiary/aromatic N) is 2. The van der Waals surface area contributed by atoms with E-state index in [4.69, 9.17) is 16.3 Å². The minimum absolute atomic E-state index is 0.0107.